The lowest BCUT2D eigenvalue weighted by molar-refractivity contribution is -0.298. The minimum atomic E-state index is -1.85. The summed E-state index contributed by atoms with van der Waals surface area (Å²) in [6.45, 7) is 4.80. The Morgan fingerprint density at radius 3 is 1.56 bits per heavy atom. The molecule has 48 heavy (non-hydrogen) atoms. The van der Waals surface area contributed by atoms with Crippen LogP contribution in [0.1, 0.15) is 28.7 Å². The second kappa shape index (κ2) is 17.6. The Balaban J connectivity index is 1.56. The molecule has 8 heteroatoms. The van der Waals surface area contributed by atoms with E-state index in [9.17, 15) is 9.59 Å². The van der Waals surface area contributed by atoms with Crippen LogP contribution in [0.15, 0.2) is 134 Å². The van der Waals surface area contributed by atoms with Crippen LogP contribution in [-0.2, 0) is 64.4 Å². The number of methoxy groups -OCH3 is 1. The molecule has 250 valence electrons. The Kier molecular flexibility index (Phi) is 12.8. The van der Waals surface area contributed by atoms with Crippen LogP contribution in [0.4, 0.5) is 0 Å². The van der Waals surface area contributed by atoms with E-state index in [1.54, 1.807) is 6.08 Å². The zero-order chi connectivity index (χ0) is 33.6. The molecule has 0 saturated carbocycles. The van der Waals surface area contributed by atoms with Crippen LogP contribution in [0, 0.1) is 0 Å². The molecule has 1 aliphatic rings. The van der Waals surface area contributed by atoms with E-state index < -0.39 is 41.8 Å². The van der Waals surface area contributed by atoms with E-state index in [2.05, 4.69) is 6.58 Å². The molecule has 0 bridgehead atoms. The van der Waals surface area contributed by atoms with Gasteiger partial charge < -0.3 is 28.4 Å². The maximum absolute atomic E-state index is 14.1. The standard InChI is InChI=1S/C40H42O8/c1-3-24-40(37(41)39(42)43-2)38(47-28-33-22-14-7-15-23-33)36(46-27-32-20-12-6-13-21-32)35(45-26-31-18-10-5-11-19-31)34(48-40)29-44-25-30-16-8-4-9-17-30/h3-23,34-36,38H,1,24-29H2,2H3/t34?,35-,36?,38?,40+/m1/s1. The summed E-state index contributed by atoms with van der Waals surface area (Å²) in [5.74, 6) is -1.95. The van der Waals surface area contributed by atoms with Crippen molar-refractivity contribution in [2.75, 3.05) is 13.7 Å². The number of carbonyl (C=O) groups excluding carboxylic acids is 2. The van der Waals surface area contributed by atoms with Gasteiger partial charge in [0.2, 0.25) is 0 Å². The van der Waals surface area contributed by atoms with Crippen molar-refractivity contribution in [3.8, 4) is 0 Å². The van der Waals surface area contributed by atoms with E-state index in [4.69, 9.17) is 28.4 Å². The highest BCUT2D eigenvalue weighted by atomic mass is 16.6. The number of hydrogen-bond donors (Lipinski definition) is 0. The van der Waals surface area contributed by atoms with Crippen molar-refractivity contribution in [1.82, 2.24) is 0 Å². The van der Waals surface area contributed by atoms with Gasteiger partial charge in [0.15, 0.2) is 5.60 Å². The van der Waals surface area contributed by atoms with Crippen molar-refractivity contribution < 1.29 is 38.0 Å². The minimum absolute atomic E-state index is 0.0400. The molecule has 5 atom stereocenters. The lowest BCUT2D eigenvalue weighted by atomic mass is 9.78. The summed E-state index contributed by atoms with van der Waals surface area (Å²) in [7, 11) is 1.17. The molecule has 1 aliphatic heterocycles. The lowest BCUT2D eigenvalue weighted by Gasteiger charge is -2.51. The molecule has 0 aromatic heterocycles. The van der Waals surface area contributed by atoms with Crippen molar-refractivity contribution in [1.29, 1.82) is 0 Å². The van der Waals surface area contributed by atoms with Crippen molar-refractivity contribution in [2.45, 2.75) is 62.9 Å². The van der Waals surface area contributed by atoms with Gasteiger partial charge in [0.1, 0.15) is 24.4 Å². The fourth-order valence-electron chi connectivity index (χ4n) is 5.88. The van der Waals surface area contributed by atoms with Crippen LogP contribution in [0.2, 0.25) is 0 Å². The number of benzene rings is 4. The van der Waals surface area contributed by atoms with Gasteiger partial charge in [-0.1, -0.05) is 127 Å². The van der Waals surface area contributed by atoms with Gasteiger partial charge in [-0.15, -0.1) is 6.58 Å². The van der Waals surface area contributed by atoms with Crippen LogP contribution < -0.4 is 0 Å². The number of ketones is 1. The summed E-state index contributed by atoms with van der Waals surface area (Å²) >= 11 is 0. The smallest absolute Gasteiger partial charge is 0.377 e. The molecule has 4 aromatic rings. The molecule has 0 radical (unpaired) electrons. The monoisotopic (exact) mass is 650 g/mol. The van der Waals surface area contributed by atoms with E-state index in [1.165, 1.54) is 7.11 Å². The van der Waals surface area contributed by atoms with Crippen molar-refractivity contribution in [3.63, 3.8) is 0 Å². The molecule has 1 saturated heterocycles. The summed E-state index contributed by atoms with van der Waals surface area (Å²) in [5, 5.41) is 0. The van der Waals surface area contributed by atoms with E-state index in [0.29, 0.717) is 6.61 Å². The topological polar surface area (TPSA) is 89.5 Å². The molecular weight excluding hydrogens is 608 g/mol. The number of ether oxygens (including phenoxy) is 6. The van der Waals surface area contributed by atoms with Crippen LogP contribution in [0.5, 0.6) is 0 Å². The lowest BCUT2D eigenvalue weighted by Crippen LogP contribution is -2.70. The number of rotatable bonds is 17. The van der Waals surface area contributed by atoms with Crippen LogP contribution in [-0.4, -0.2) is 55.5 Å². The van der Waals surface area contributed by atoms with Gasteiger partial charge in [-0.25, -0.2) is 4.79 Å². The average Bonchev–Trinajstić information content (AvgIpc) is 3.14. The van der Waals surface area contributed by atoms with Crippen molar-refractivity contribution in [2.24, 2.45) is 0 Å². The second-order valence-electron chi connectivity index (χ2n) is 11.6. The molecule has 0 N–H and O–H groups in total. The van der Waals surface area contributed by atoms with Gasteiger partial charge in [0.25, 0.3) is 5.78 Å². The summed E-state index contributed by atoms with van der Waals surface area (Å²) in [4.78, 5) is 27.2. The Hall–Kier alpha value is -4.44. The molecular formula is C40H42O8. The van der Waals surface area contributed by atoms with Crippen LogP contribution >= 0.6 is 0 Å². The van der Waals surface area contributed by atoms with Gasteiger partial charge in [-0.2, -0.15) is 0 Å². The highest BCUT2D eigenvalue weighted by Gasteiger charge is 2.61. The number of hydrogen-bond acceptors (Lipinski definition) is 8. The summed E-state index contributed by atoms with van der Waals surface area (Å²) in [5.41, 5.74) is 1.85. The first-order valence-corrected chi connectivity index (χ1v) is 16.0. The molecule has 3 unspecified atom stereocenters. The molecule has 0 aliphatic carbocycles. The van der Waals surface area contributed by atoms with Crippen LogP contribution in [0.25, 0.3) is 0 Å². The van der Waals surface area contributed by atoms with Crippen molar-refractivity contribution >= 4 is 11.8 Å². The first kappa shape index (κ1) is 34.9. The molecule has 0 spiro atoms. The molecule has 8 nitrogen and oxygen atoms in total. The van der Waals surface area contributed by atoms with Crippen molar-refractivity contribution in [3.05, 3.63) is 156 Å². The summed E-state index contributed by atoms with van der Waals surface area (Å²) in [6.07, 6.45) is -2.10. The molecule has 0 amide bonds. The van der Waals surface area contributed by atoms with E-state index in [1.807, 2.05) is 121 Å². The van der Waals surface area contributed by atoms with E-state index in [-0.39, 0.29) is 32.8 Å². The third kappa shape index (κ3) is 8.92. The molecule has 4 aromatic carbocycles. The number of carbonyl (C=O) groups is 2. The Labute approximate surface area is 282 Å². The molecule has 5 rings (SSSR count). The SMILES string of the molecule is C=CC[C@@]1(C(=O)C(=O)OC)OC(COCc2ccccc2)[C@@H](OCc2ccccc2)C(OCc2ccccc2)C1OCc1ccccc1. The third-order valence-electron chi connectivity index (χ3n) is 8.25. The number of esters is 1. The minimum Gasteiger partial charge on any atom is -0.463 e. The van der Waals surface area contributed by atoms with Crippen LogP contribution in [0.3, 0.4) is 0 Å². The van der Waals surface area contributed by atoms with Gasteiger partial charge in [-0.3, -0.25) is 4.79 Å². The van der Waals surface area contributed by atoms with Gasteiger partial charge in [0.05, 0.1) is 40.1 Å². The Morgan fingerprint density at radius 1 is 0.667 bits per heavy atom. The highest BCUT2D eigenvalue weighted by molar-refractivity contribution is 6.37. The first-order chi connectivity index (χ1) is 23.5. The van der Waals surface area contributed by atoms with E-state index in [0.717, 1.165) is 22.3 Å². The second-order valence-corrected chi connectivity index (χ2v) is 11.6. The van der Waals surface area contributed by atoms with Gasteiger partial charge in [-0.05, 0) is 22.3 Å². The number of Topliss-reactive ketones (excluding diaryl/α,β-unsaturated/α-hetero) is 1. The average molecular weight is 651 g/mol. The summed E-state index contributed by atoms with van der Waals surface area (Å²) in [6, 6.07) is 38.8. The fourth-order valence-corrected chi connectivity index (χ4v) is 5.88. The highest BCUT2D eigenvalue weighted by Crippen LogP contribution is 2.40. The maximum Gasteiger partial charge on any atom is 0.377 e. The Bertz CT molecular complexity index is 1560. The largest absolute Gasteiger partial charge is 0.463 e. The Morgan fingerprint density at radius 2 is 1.10 bits per heavy atom. The predicted octanol–water partition coefficient (Wildman–Crippen LogP) is 6.42. The van der Waals surface area contributed by atoms with E-state index >= 15 is 0 Å². The zero-order valence-electron chi connectivity index (χ0n) is 27.1. The third-order valence-corrected chi connectivity index (χ3v) is 8.25. The van der Waals surface area contributed by atoms with Gasteiger partial charge in [0, 0.05) is 6.42 Å². The fraction of sp³-hybridized carbons (Fsp3) is 0.300. The molecule has 1 fully saturated rings. The maximum atomic E-state index is 14.1. The quantitative estimate of drug-likeness (QED) is 0.0736. The summed E-state index contributed by atoms with van der Waals surface area (Å²) < 4.78 is 37.9. The normalized spacial score (nSPS) is 22.1. The zero-order valence-corrected chi connectivity index (χ0v) is 27.1. The molecule has 1 heterocycles. The predicted molar refractivity (Wildman–Crippen MR) is 181 cm³/mol. The first-order valence-electron chi connectivity index (χ1n) is 16.0. The van der Waals surface area contributed by atoms with Gasteiger partial charge >= 0.3 is 5.97 Å².